The number of benzene rings is 2. The van der Waals surface area contributed by atoms with E-state index in [4.69, 9.17) is 11.6 Å². The molecule has 6 heteroatoms. The van der Waals surface area contributed by atoms with Crippen molar-refractivity contribution in [2.45, 2.75) is 33.1 Å². The number of halogens is 1. The molecule has 4 rings (SSSR count). The lowest BCUT2D eigenvalue weighted by atomic mass is 9.85. The van der Waals surface area contributed by atoms with E-state index in [1.807, 2.05) is 63.2 Å². The maximum Gasteiger partial charge on any atom is 0.226 e. The number of hydrogen-bond donors (Lipinski definition) is 1. The predicted octanol–water partition coefficient (Wildman–Crippen LogP) is 4.76. The van der Waals surface area contributed by atoms with Crippen LogP contribution < -0.4 is 5.32 Å². The number of aromatic nitrogens is 2. The molecule has 5 nitrogen and oxygen atoms in total. The molecule has 3 aromatic rings. The Morgan fingerprint density at radius 2 is 1.86 bits per heavy atom. The summed E-state index contributed by atoms with van der Waals surface area (Å²) in [5, 5.41) is 8.16. The summed E-state index contributed by atoms with van der Waals surface area (Å²) in [5.74, 6) is -0.273. The topological polar surface area (TPSA) is 64.0 Å². The highest BCUT2D eigenvalue weighted by Crippen LogP contribution is 2.39. The predicted molar refractivity (Wildman–Crippen MR) is 110 cm³/mol. The van der Waals surface area contributed by atoms with Crippen LogP contribution in [0.2, 0.25) is 5.02 Å². The van der Waals surface area contributed by atoms with E-state index in [2.05, 4.69) is 10.4 Å². The molecule has 0 saturated heterocycles. The van der Waals surface area contributed by atoms with Crippen LogP contribution in [0.15, 0.2) is 42.5 Å². The number of Topliss-reactive ketones (excluding diaryl/α,β-unsaturated/α-hetero) is 1. The van der Waals surface area contributed by atoms with Crippen LogP contribution in [0.4, 0.5) is 5.82 Å². The fourth-order valence-corrected chi connectivity index (χ4v) is 3.86. The summed E-state index contributed by atoms with van der Waals surface area (Å²) < 4.78 is 1.68. The first-order valence-electron chi connectivity index (χ1n) is 9.12. The number of ketones is 1. The van der Waals surface area contributed by atoms with Crippen LogP contribution in [0.5, 0.6) is 0 Å². The Hall–Kier alpha value is -2.92. The zero-order valence-electron chi connectivity index (χ0n) is 15.9. The molecule has 1 amide bonds. The SMILES string of the molecule is Cc1ccc(C(=O)C2CC(=O)Nc3c2c(C)nn3-c2cccc(Cl)c2C)cc1. The van der Waals surface area contributed by atoms with Gasteiger partial charge in [-0.3, -0.25) is 9.59 Å². The monoisotopic (exact) mass is 393 g/mol. The second-order valence-electron chi connectivity index (χ2n) is 7.18. The van der Waals surface area contributed by atoms with Crippen molar-refractivity contribution in [2.24, 2.45) is 0 Å². The molecular formula is C22H20ClN3O2. The van der Waals surface area contributed by atoms with Gasteiger partial charge in [0.25, 0.3) is 0 Å². The van der Waals surface area contributed by atoms with Crippen LogP contribution in [0.25, 0.3) is 5.69 Å². The van der Waals surface area contributed by atoms with Crippen LogP contribution >= 0.6 is 11.6 Å². The quantitative estimate of drug-likeness (QED) is 0.652. The van der Waals surface area contributed by atoms with Gasteiger partial charge in [-0.25, -0.2) is 4.68 Å². The van der Waals surface area contributed by atoms with Gasteiger partial charge in [-0.2, -0.15) is 5.10 Å². The maximum absolute atomic E-state index is 13.2. The lowest BCUT2D eigenvalue weighted by Gasteiger charge is -2.23. The molecule has 28 heavy (non-hydrogen) atoms. The van der Waals surface area contributed by atoms with E-state index in [1.165, 1.54) is 0 Å². The van der Waals surface area contributed by atoms with E-state index < -0.39 is 5.92 Å². The van der Waals surface area contributed by atoms with E-state index in [0.717, 1.165) is 28.1 Å². The van der Waals surface area contributed by atoms with Gasteiger partial charge in [-0.1, -0.05) is 47.5 Å². The van der Waals surface area contributed by atoms with Gasteiger partial charge >= 0.3 is 0 Å². The highest BCUT2D eigenvalue weighted by atomic mass is 35.5. The Labute approximate surface area is 168 Å². The fraction of sp³-hybridized carbons (Fsp3) is 0.227. The standard InChI is InChI=1S/C22H20ClN3O2/c1-12-7-9-15(10-8-12)21(28)16-11-19(27)24-22-20(16)14(3)25-26(22)18-6-4-5-17(23)13(18)2/h4-10,16H,11H2,1-3H3,(H,24,27). The molecule has 2 aromatic carbocycles. The van der Waals surface area contributed by atoms with E-state index in [9.17, 15) is 9.59 Å². The average Bonchev–Trinajstić information content (AvgIpc) is 2.99. The lowest BCUT2D eigenvalue weighted by molar-refractivity contribution is -0.116. The van der Waals surface area contributed by atoms with Crippen LogP contribution in [0.1, 0.15) is 45.1 Å². The van der Waals surface area contributed by atoms with E-state index >= 15 is 0 Å². The van der Waals surface area contributed by atoms with E-state index in [-0.39, 0.29) is 18.1 Å². The molecule has 0 radical (unpaired) electrons. The number of fused-ring (bicyclic) bond motifs is 1. The summed E-state index contributed by atoms with van der Waals surface area (Å²) in [6.07, 6.45) is 0.112. The third-order valence-corrected chi connectivity index (χ3v) is 5.63. The summed E-state index contributed by atoms with van der Waals surface area (Å²) >= 11 is 6.27. The van der Waals surface area contributed by atoms with Crippen molar-refractivity contribution in [2.75, 3.05) is 5.32 Å². The van der Waals surface area contributed by atoms with Crippen molar-refractivity contribution in [1.29, 1.82) is 0 Å². The number of anilines is 1. The Morgan fingerprint density at radius 3 is 2.57 bits per heavy atom. The Bertz CT molecular complexity index is 1100. The van der Waals surface area contributed by atoms with E-state index in [1.54, 1.807) is 4.68 Å². The van der Waals surface area contributed by atoms with Gasteiger partial charge in [0.2, 0.25) is 5.91 Å². The first-order chi connectivity index (χ1) is 13.4. The highest BCUT2D eigenvalue weighted by molar-refractivity contribution is 6.31. The number of nitrogens with zero attached hydrogens (tertiary/aromatic N) is 2. The molecule has 1 N–H and O–H groups in total. The Morgan fingerprint density at radius 1 is 1.14 bits per heavy atom. The number of carbonyl (C=O) groups is 2. The summed E-state index contributed by atoms with van der Waals surface area (Å²) in [7, 11) is 0. The zero-order valence-corrected chi connectivity index (χ0v) is 16.7. The lowest BCUT2D eigenvalue weighted by Crippen LogP contribution is -2.28. The Kier molecular flexibility index (Phi) is 4.55. The number of rotatable bonds is 3. The fourth-order valence-electron chi connectivity index (χ4n) is 3.69. The maximum atomic E-state index is 13.2. The van der Waals surface area contributed by atoms with Crippen molar-refractivity contribution < 1.29 is 9.59 Å². The number of nitrogens with one attached hydrogen (secondary N) is 1. The van der Waals surface area contributed by atoms with Crippen molar-refractivity contribution in [3.63, 3.8) is 0 Å². The van der Waals surface area contributed by atoms with E-state index in [0.29, 0.717) is 16.4 Å². The number of hydrogen-bond acceptors (Lipinski definition) is 3. The molecule has 1 unspecified atom stereocenters. The van der Waals surface area contributed by atoms with Crippen LogP contribution in [0, 0.1) is 20.8 Å². The normalized spacial score (nSPS) is 15.9. The van der Waals surface area contributed by atoms with Crippen molar-refractivity contribution in [3.8, 4) is 5.69 Å². The Balaban J connectivity index is 1.84. The molecule has 0 saturated carbocycles. The van der Waals surface area contributed by atoms with Crippen molar-refractivity contribution >= 4 is 29.1 Å². The molecule has 0 spiro atoms. The van der Waals surface area contributed by atoms with Gasteiger partial charge in [-0.05, 0) is 38.5 Å². The van der Waals surface area contributed by atoms with Crippen molar-refractivity contribution in [1.82, 2.24) is 9.78 Å². The third kappa shape index (κ3) is 3.02. The number of carbonyl (C=O) groups excluding carboxylic acids is 2. The first kappa shape index (κ1) is 18.4. The molecule has 1 aliphatic heterocycles. The van der Waals surface area contributed by atoms with Crippen LogP contribution in [-0.2, 0) is 4.79 Å². The van der Waals surface area contributed by atoms with Gasteiger partial charge in [0.05, 0.1) is 17.3 Å². The summed E-state index contributed by atoms with van der Waals surface area (Å²) in [6.45, 7) is 5.74. The minimum absolute atomic E-state index is 0.0680. The van der Waals surface area contributed by atoms with Gasteiger partial charge in [-0.15, -0.1) is 0 Å². The number of amides is 1. The molecule has 1 aromatic heterocycles. The minimum atomic E-state index is -0.556. The minimum Gasteiger partial charge on any atom is -0.310 e. The number of aryl methyl sites for hydroxylation is 2. The first-order valence-corrected chi connectivity index (χ1v) is 9.50. The van der Waals surface area contributed by atoms with Crippen LogP contribution in [0.3, 0.4) is 0 Å². The smallest absolute Gasteiger partial charge is 0.226 e. The third-order valence-electron chi connectivity index (χ3n) is 5.22. The van der Waals surface area contributed by atoms with Gasteiger partial charge in [0.15, 0.2) is 5.78 Å². The van der Waals surface area contributed by atoms with Gasteiger partial charge in [0, 0.05) is 22.6 Å². The molecule has 1 aliphatic rings. The zero-order chi connectivity index (χ0) is 20.0. The summed E-state index contributed by atoms with van der Waals surface area (Å²) in [5.41, 5.74) is 4.81. The van der Waals surface area contributed by atoms with Gasteiger partial charge in [0.1, 0.15) is 5.82 Å². The second-order valence-corrected chi connectivity index (χ2v) is 7.59. The molecule has 1 atom stereocenters. The molecule has 0 fully saturated rings. The summed E-state index contributed by atoms with van der Waals surface area (Å²) in [4.78, 5) is 25.6. The molecule has 0 aliphatic carbocycles. The summed E-state index contributed by atoms with van der Waals surface area (Å²) in [6, 6.07) is 13.0. The molecule has 2 heterocycles. The largest absolute Gasteiger partial charge is 0.310 e. The second kappa shape index (κ2) is 6.91. The molecular weight excluding hydrogens is 374 g/mol. The molecule has 142 valence electrons. The van der Waals surface area contributed by atoms with Gasteiger partial charge < -0.3 is 5.32 Å². The highest BCUT2D eigenvalue weighted by Gasteiger charge is 2.36. The average molecular weight is 394 g/mol. The molecule has 0 bridgehead atoms. The van der Waals surface area contributed by atoms with Crippen molar-refractivity contribution in [3.05, 3.63) is 75.4 Å². The van der Waals surface area contributed by atoms with Crippen LogP contribution in [-0.4, -0.2) is 21.5 Å².